The molecule has 1 saturated heterocycles. The molecule has 0 aromatic carbocycles. The van der Waals surface area contributed by atoms with Gasteiger partial charge < -0.3 is 15.0 Å². The summed E-state index contributed by atoms with van der Waals surface area (Å²) >= 11 is 0. The van der Waals surface area contributed by atoms with E-state index < -0.39 is 0 Å². The average Bonchev–Trinajstić information content (AvgIpc) is 2.50. The van der Waals surface area contributed by atoms with E-state index in [0.717, 1.165) is 24.4 Å². The van der Waals surface area contributed by atoms with Crippen molar-refractivity contribution in [2.24, 2.45) is 11.8 Å². The van der Waals surface area contributed by atoms with Gasteiger partial charge in [0.2, 0.25) is 0 Å². The highest BCUT2D eigenvalue weighted by molar-refractivity contribution is 4.87. The van der Waals surface area contributed by atoms with Crippen LogP contribution in [0.4, 0.5) is 0 Å². The van der Waals surface area contributed by atoms with Crippen molar-refractivity contribution in [1.82, 2.24) is 10.2 Å². The lowest BCUT2D eigenvalue weighted by atomic mass is 9.76. The zero-order valence-electron chi connectivity index (χ0n) is 13.7. The molecule has 3 unspecified atom stereocenters. The third-order valence-electron chi connectivity index (χ3n) is 5.50. The summed E-state index contributed by atoms with van der Waals surface area (Å²) in [6, 6.07) is 0.753. The smallest absolute Gasteiger partial charge is 0.0595 e. The topological polar surface area (TPSA) is 24.5 Å². The van der Waals surface area contributed by atoms with E-state index in [0.29, 0.717) is 6.10 Å². The van der Waals surface area contributed by atoms with Gasteiger partial charge in [-0.05, 0) is 50.5 Å². The summed E-state index contributed by atoms with van der Waals surface area (Å²) in [4.78, 5) is 2.68. The predicted octanol–water partition coefficient (Wildman–Crippen LogP) is 2.90. The number of hydrogen-bond donors (Lipinski definition) is 1. The molecule has 0 spiro atoms. The molecule has 0 aromatic heterocycles. The Morgan fingerprint density at radius 3 is 2.45 bits per heavy atom. The molecule has 0 amide bonds. The van der Waals surface area contributed by atoms with Gasteiger partial charge in [-0.3, -0.25) is 0 Å². The van der Waals surface area contributed by atoms with Gasteiger partial charge in [0.05, 0.1) is 6.10 Å². The third kappa shape index (κ3) is 4.44. The molecule has 1 saturated carbocycles. The van der Waals surface area contributed by atoms with Crippen LogP contribution < -0.4 is 5.32 Å². The largest absolute Gasteiger partial charge is 0.381 e. The maximum atomic E-state index is 5.48. The van der Waals surface area contributed by atoms with Gasteiger partial charge in [-0.2, -0.15) is 0 Å². The molecule has 118 valence electrons. The lowest BCUT2D eigenvalue weighted by Crippen LogP contribution is -2.48. The highest BCUT2D eigenvalue weighted by Crippen LogP contribution is 2.32. The van der Waals surface area contributed by atoms with Crippen molar-refractivity contribution in [1.29, 1.82) is 0 Å². The molecule has 3 heteroatoms. The number of methoxy groups -OCH3 is 1. The Bertz CT molecular complexity index is 264. The quantitative estimate of drug-likeness (QED) is 0.811. The summed E-state index contributed by atoms with van der Waals surface area (Å²) < 4.78 is 5.48. The molecule has 2 aliphatic rings. The van der Waals surface area contributed by atoms with Gasteiger partial charge in [0.15, 0.2) is 0 Å². The average molecular weight is 282 g/mol. The van der Waals surface area contributed by atoms with Gasteiger partial charge in [0, 0.05) is 32.8 Å². The van der Waals surface area contributed by atoms with E-state index in [4.69, 9.17) is 4.74 Å². The molecule has 3 atom stereocenters. The number of rotatable bonds is 6. The Morgan fingerprint density at radius 1 is 1.10 bits per heavy atom. The van der Waals surface area contributed by atoms with E-state index in [1.165, 1.54) is 58.2 Å². The molecule has 2 rings (SSSR count). The second-order valence-electron chi connectivity index (χ2n) is 6.75. The van der Waals surface area contributed by atoms with Crippen molar-refractivity contribution in [3.05, 3.63) is 0 Å². The van der Waals surface area contributed by atoms with Crippen LogP contribution in [0, 0.1) is 11.8 Å². The molecule has 20 heavy (non-hydrogen) atoms. The maximum absolute atomic E-state index is 5.48. The lowest BCUT2D eigenvalue weighted by Gasteiger charge is -2.41. The monoisotopic (exact) mass is 282 g/mol. The molecular formula is C17H34N2O. The molecule has 0 bridgehead atoms. The first-order valence-electron chi connectivity index (χ1n) is 8.75. The molecule has 1 N–H and O–H groups in total. The first kappa shape index (κ1) is 16.3. The van der Waals surface area contributed by atoms with Crippen LogP contribution in [0.2, 0.25) is 0 Å². The second-order valence-corrected chi connectivity index (χ2v) is 6.75. The summed E-state index contributed by atoms with van der Waals surface area (Å²) in [7, 11) is 1.86. The molecular weight excluding hydrogens is 248 g/mol. The standard InChI is InChI=1S/C17H34N2O/c1-4-14-6-7-17(18-5-2)15(12-14)13-19-10-8-16(20-3)9-11-19/h14-18H,4-13H2,1-3H3. The van der Waals surface area contributed by atoms with Gasteiger partial charge in [0.1, 0.15) is 0 Å². The molecule has 1 aliphatic heterocycles. The van der Waals surface area contributed by atoms with Crippen molar-refractivity contribution < 1.29 is 4.74 Å². The van der Waals surface area contributed by atoms with Crippen molar-refractivity contribution >= 4 is 0 Å². The van der Waals surface area contributed by atoms with Crippen LogP contribution in [-0.2, 0) is 4.74 Å². The van der Waals surface area contributed by atoms with Crippen LogP contribution >= 0.6 is 0 Å². The van der Waals surface area contributed by atoms with E-state index in [-0.39, 0.29) is 0 Å². The van der Waals surface area contributed by atoms with Gasteiger partial charge in [-0.25, -0.2) is 0 Å². The number of piperidine rings is 1. The zero-order chi connectivity index (χ0) is 14.4. The van der Waals surface area contributed by atoms with Crippen molar-refractivity contribution in [3.8, 4) is 0 Å². The van der Waals surface area contributed by atoms with E-state index in [1.54, 1.807) is 0 Å². The van der Waals surface area contributed by atoms with Gasteiger partial charge >= 0.3 is 0 Å². The summed E-state index contributed by atoms with van der Waals surface area (Å²) in [6.07, 6.45) is 8.53. The first-order chi connectivity index (χ1) is 9.76. The Balaban J connectivity index is 1.83. The third-order valence-corrected chi connectivity index (χ3v) is 5.50. The molecule has 1 heterocycles. The molecule has 1 aliphatic carbocycles. The van der Waals surface area contributed by atoms with E-state index in [1.807, 2.05) is 7.11 Å². The Morgan fingerprint density at radius 2 is 1.85 bits per heavy atom. The minimum atomic E-state index is 0.505. The maximum Gasteiger partial charge on any atom is 0.0595 e. The fraction of sp³-hybridized carbons (Fsp3) is 1.00. The van der Waals surface area contributed by atoms with Crippen LogP contribution in [0.15, 0.2) is 0 Å². The predicted molar refractivity (Wildman–Crippen MR) is 85.1 cm³/mol. The van der Waals surface area contributed by atoms with Crippen LogP contribution in [-0.4, -0.2) is 50.3 Å². The summed E-state index contributed by atoms with van der Waals surface area (Å²) in [5.74, 6) is 1.82. The molecule has 3 nitrogen and oxygen atoms in total. The Kier molecular flexibility index (Phi) is 6.79. The summed E-state index contributed by atoms with van der Waals surface area (Å²) in [5.41, 5.74) is 0. The Hall–Kier alpha value is -0.120. The van der Waals surface area contributed by atoms with Gasteiger partial charge in [-0.1, -0.05) is 20.3 Å². The number of ether oxygens (including phenoxy) is 1. The van der Waals surface area contributed by atoms with Crippen LogP contribution in [0.25, 0.3) is 0 Å². The highest BCUT2D eigenvalue weighted by Gasteiger charge is 2.31. The lowest BCUT2D eigenvalue weighted by molar-refractivity contribution is 0.0298. The second kappa shape index (κ2) is 8.35. The van der Waals surface area contributed by atoms with Gasteiger partial charge in [-0.15, -0.1) is 0 Å². The normalized spacial score (nSPS) is 33.5. The zero-order valence-corrected chi connectivity index (χ0v) is 13.7. The Labute approximate surface area is 125 Å². The first-order valence-corrected chi connectivity index (χ1v) is 8.75. The van der Waals surface area contributed by atoms with Gasteiger partial charge in [0.25, 0.3) is 0 Å². The molecule has 0 aromatic rings. The van der Waals surface area contributed by atoms with Crippen LogP contribution in [0.3, 0.4) is 0 Å². The van der Waals surface area contributed by atoms with Crippen molar-refractivity contribution in [3.63, 3.8) is 0 Å². The van der Waals surface area contributed by atoms with E-state index >= 15 is 0 Å². The summed E-state index contributed by atoms with van der Waals surface area (Å²) in [5, 5.41) is 3.74. The molecule has 2 fully saturated rings. The van der Waals surface area contributed by atoms with Crippen molar-refractivity contribution in [2.75, 3.05) is 33.3 Å². The number of nitrogens with zero attached hydrogens (tertiary/aromatic N) is 1. The van der Waals surface area contributed by atoms with E-state index in [2.05, 4.69) is 24.1 Å². The number of likely N-dealkylation sites (tertiary alicyclic amines) is 1. The van der Waals surface area contributed by atoms with Crippen LogP contribution in [0.1, 0.15) is 52.4 Å². The highest BCUT2D eigenvalue weighted by atomic mass is 16.5. The van der Waals surface area contributed by atoms with Crippen LogP contribution in [0.5, 0.6) is 0 Å². The molecule has 0 radical (unpaired) electrons. The van der Waals surface area contributed by atoms with E-state index in [9.17, 15) is 0 Å². The minimum absolute atomic E-state index is 0.505. The fourth-order valence-corrected chi connectivity index (χ4v) is 4.12. The summed E-state index contributed by atoms with van der Waals surface area (Å²) in [6.45, 7) is 9.47. The number of hydrogen-bond acceptors (Lipinski definition) is 3. The fourth-order valence-electron chi connectivity index (χ4n) is 4.12. The SMILES string of the molecule is CCNC1CCC(CC)CC1CN1CCC(OC)CC1. The minimum Gasteiger partial charge on any atom is -0.381 e. The van der Waals surface area contributed by atoms with Crippen molar-refractivity contribution in [2.45, 2.75) is 64.5 Å². The number of nitrogens with one attached hydrogen (secondary N) is 1.